The van der Waals surface area contributed by atoms with E-state index >= 15 is 0 Å². The summed E-state index contributed by atoms with van der Waals surface area (Å²) in [6, 6.07) is 3.92. The minimum Gasteiger partial charge on any atom is -0.319 e. The molecule has 7 heteroatoms. The lowest BCUT2D eigenvalue weighted by molar-refractivity contribution is -0.385. The highest BCUT2D eigenvalue weighted by Gasteiger charge is 2.50. The molecular weight excluding hydrogens is 250 g/mol. The Morgan fingerprint density at radius 3 is 2.74 bits per heavy atom. The Hall–Kier alpha value is -2.44. The summed E-state index contributed by atoms with van der Waals surface area (Å²) in [6.45, 7) is 0. The van der Waals surface area contributed by atoms with Crippen molar-refractivity contribution in [2.24, 2.45) is 0 Å². The van der Waals surface area contributed by atoms with Crippen molar-refractivity contribution in [1.82, 2.24) is 10.6 Å². The third-order valence-corrected chi connectivity index (χ3v) is 3.70. The molecule has 3 rings (SSSR count). The van der Waals surface area contributed by atoms with E-state index in [0.717, 1.165) is 18.4 Å². The second-order valence-electron chi connectivity index (χ2n) is 4.77. The molecule has 1 aliphatic heterocycles. The molecule has 2 aliphatic rings. The fourth-order valence-corrected chi connectivity index (χ4v) is 2.83. The topological polar surface area (TPSA) is 101 Å². The summed E-state index contributed by atoms with van der Waals surface area (Å²) in [5.74, 6) is -0.432. The molecule has 1 aliphatic carbocycles. The van der Waals surface area contributed by atoms with Crippen molar-refractivity contribution in [2.75, 3.05) is 0 Å². The highest BCUT2D eigenvalue weighted by atomic mass is 16.6. The van der Waals surface area contributed by atoms with Crippen LogP contribution in [0.25, 0.3) is 0 Å². The smallest absolute Gasteiger partial charge is 0.319 e. The van der Waals surface area contributed by atoms with E-state index in [1.165, 1.54) is 12.1 Å². The Morgan fingerprint density at radius 2 is 2.11 bits per heavy atom. The Labute approximate surface area is 108 Å². The zero-order valence-corrected chi connectivity index (χ0v) is 9.93. The fraction of sp³-hybridized carbons (Fsp3) is 0.333. The first-order valence-corrected chi connectivity index (χ1v) is 5.94. The van der Waals surface area contributed by atoms with Gasteiger partial charge in [0.15, 0.2) is 0 Å². The quantitative estimate of drug-likeness (QED) is 0.446. The van der Waals surface area contributed by atoms with Crippen molar-refractivity contribution < 1.29 is 14.5 Å². The molecule has 3 amide bonds. The Balaban J connectivity index is 2.18. The number of urea groups is 1. The summed E-state index contributed by atoms with van der Waals surface area (Å²) in [6.07, 6.45) is 1.95. The van der Waals surface area contributed by atoms with E-state index in [1.54, 1.807) is 6.07 Å². The van der Waals surface area contributed by atoms with Gasteiger partial charge in [0, 0.05) is 12.1 Å². The van der Waals surface area contributed by atoms with Crippen molar-refractivity contribution in [2.45, 2.75) is 24.8 Å². The van der Waals surface area contributed by atoms with Gasteiger partial charge in [0.05, 0.1) is 4.92 Å². The summed E-state index contributed by atoms with van der Waals surface area (Å²) in [4.78, 5) is 33.8. The maximum atomic E-state index is 12.0. The van der Waals surface area contributed by atoms with Gasteiger partial charge in [0.2, 0.25) is 0 Å². The molecule has 1 atom stereocenters. The number of nitrogens with one attached hydrogen (secondary N) is 2. The lowest BCUT2D eigenvalue weighted by atomic mass is 9.76. The van der Waals surface area contributed by atoms with Crippen molar-refractivity contribution in [3.63, 3.8) is 0 Å². The largest absolute Gasteiger partial charge is 0.322 e. The number of amides is 3. The SMILES string of the molecule is O=C1NC(=O)[C@@]2(CCCc3ccc([N+](=O)[O-])cc32)N1. The molecular formula is C12H11N3O4. The van der Waals surface area contributed by atoms with Crippen molar-refractivity contribution >= 4 is 17.6 Å². The molecule has 1 heterocycles. The number of aryl methyl sites for hydroxylation is 1. The number of carbonyl (C=O) groups is 2. The van der Waals surface area contributed by atoms with Crippen molar-refractivity contribution in [1.29, 1.82) is 0 Å². The lowest BCUT2D eigenvalue weighted by Gasteiger charge is -2.32. The van der Waals surface area contributed by atoms with E-state index in [9.17, 15) is 19.7 Å². The van der Waals surface area contributed by atoms with E-state index in [-0.39, 0.29) is 5.69 Å². The predicted octanol–water partition coefficient (Wildman–Crippen LogP) is 0.966. The van der Waals surface area contributed by atoms with Crippen LogP contribution in [0.15, 0.2) is 18.2 Å². The van der Waals surface area contributed by atoms with E-state index in [4.69, 9.17) is 0 Å². The number of nitro groups is 1. The molecule has 2 N–H and O–H groups in total. The van der Waals surface area contributed by atoms with Crippen molar-refractivity contribution in [3.05, 3.63) is 39.4 Å². The number of hydrogen-bond donors (Lipinski definition) is 2. The molecule has 7 nitrogen and oxygen atoms in total. The van der Waals surface area contributed by atoms with Crippen LogP contribution >= 0.6 is 0 Å². The molecule has 1 aromatic rings. The fourth-order valence-electron chi connectivity index (χ4n) is 2.83. The average molecular weight is 261 g/mol. The number of imide groups is 1. The molecule has 0 radical (unpaired) electrons. The van der Waals surface area contributed by atoms with Gasteiger partial charge < -0.3 is 5.32 Å². The molecule has 1 saturated heterocycles. The molecule has 1 spiro atoms. The summed E-state index contributed by atoms with van der Waals surface area (Å²) in [5.41, 5.74) is 0.191. The van der Waals surface area contributed by atoms with Crippen LogP contribution in [0, 0.1) is 10.1 Å². The van der Waals surface area contributed by atoms with Crippen molar-refractivity contribution in [3.8, 4) is 0 Å². The molecule has 98 valence electrons. The molecule has 0 unspecified atom stereocenters. The van der Waals surface area contributed by atoms with E-state index in [0.29, 0.717) is 12.0 Å². The normalized spacial score (nSPS) is 24.8. The summed E-state index contributed by atoms with van der Waals surface area (Å²) in [7, 11) is 0. The summed E-state index contributed by atoms with van der Waals surface area (Å²) < 4.78 is 0. The molecule has 0 aromatic heterocycles. The van der Waals surface area contributed by atoms with Gasteiger partial charge in [-0.1, -0.05) is 6.07 Å². The number of benzene rings is 1. The zero-order chi connectivity index (χ0) is 13.6. The second kappa shape index (κ2) is 3.78. The third kappa shape index (κ3) is 1.58. The number of non-ortho nitro benzene ring substituents is 1. The summed E-state index contributed by atoms with van der Waals surface area (Å²) >= 11 is 0. The van der Waals surface area contributed by atoms with Gasteiger partial charge in [-0.15, -0.1) is 0 Å². The van der Waals surface area contributed by atoms with Gasteiger partial charge in [-0.2, -0.15) is 0 Å². The van der Waals surface area contributed by atoms with Gasteiger partial charge >= 0.3 is 6.03 Å². The number of rotatable bonds is 1. The first-order valence-electron chi connectivity index (χ1n) is 5.94. The lowest BCUT2D eigenvalue weighted by Crippen LogP contribution is -2.46. The first kappa shape index (κ1) is 11.6. The van der Waals surface area contributed by atoms with Gasteiger partial charge in [0.25, 0.3) is 11.6 Å². The van der Waals surface area contributed by atoms with Crippen LogP contribution in [0.4, 0.5) is 10.5 Å². The van der Waals surface area contributed by atoms with Gasteiger partial charge in [-0.05, 0) is 30.4 Å². The molecule has 0 saturated carbocycles. The molecule has 0 bridgehead atoms. The van der Waals surface area contributed by atoms with E-state index in [1.807, 2.05) is 0 Å². The van der Waals surface area contributed by atoms with Crippen LogP contribution in [-0.2, 0) is 16.8 Å². The van der Waals surface area contributed by atoms with Crippen LogP contribution < -0.4 is 10.6 Å². The van der Waals surface area contributed by atoms with Gasteiger partial charge in [-0.3, -0.25) is 20.2 Å². The van der Waals surface area contributed by atoms with E-state index in [2.05, 4.69) is 10.6 Å². The summed E-state index contributed by atoms with van der Waals surface area (Å²) in [5, 5.41) is 15.7. The molecule has 1 fully saturated rings. The number of fused-ring (bicyclic) bond motifs is 2. The van der Waals surface area contributed by atoms with Crippen LogP contribution in [0.3, 0.4) is 0 Å². The minimum absolute atomic E-state index is 0.0750. The highest BCUT2D eigenvalue weighted by molar-refractivity contribution is 6.07. The maximum absolute atomic E-state index is 12.0. The predicted molar refractivity (Wildman–Crippen MR) is 64.4 cm³/mol. The van der Waals surface area contributed by atoms with Crippen LogP contribution in [0.2, 0.25) is 0 Å². The Morgan fingerprint density at radius 1 is 1.32 bits per heavy atom. The van der Waals surface area contributed by atoms with E-state index < -0.39 is 22.4 Å². The number of hydrogen-bond acceptors (Lipinski definition) is 4. The zero-order valence-electron chi connectivity index (χ0n) is 9.93. The average Bonchev–Trinajstić information content (AvgIpc) is 2.65. The monoisotopic (exact) mass is 261 g/mol. The Kier molecular flexibility index (Phi) is 2.31. The number of nitro benzene ring substituents is 1. The van der Waals surface area contributed by atoms with Crippen LogP contribution in [0.1, 0.15) is 24.0 Å². The number of carbonyl (C=O) groups excluding carboxylic acids is 2. The van der Waals surface area contributed by atoms with Gasteiger partial charge in [-0.25, -0.2) is 4.79 Å². The molecule has 1 aromatic carbocycles. The van der Waals surface area contributed by atoms with Gasteiger partial charge in [0.1, 0.15) is 5.54 Å². The second-order valence-corrected chi connectivity index (χ2v) is 4.77. The minimum atomic E-state index is -1.14. The first-order chi connectivity index (χ1) is 9.03. The maximum Gasteiger partial charge on any atom is 0.322 e. The highest BCUT2D eigenvalue weighted by Crippen LogP contribution is 2.39. The van der Waals surface area contributed by atoms with Crippen LogP contribution in [0.5, 0.6) is 0 Å². The third-order valence-electron chi connectivity index (χ3n) is 3.70. The molecule has 19 heavy (non-hydrogen) atoms. The standard InChI is InChI=1S/C12H11N3O4/c16-10-12(14-11(17)13-10)5-1-2-7-3-4-8(15(18)19)6-9(7)12/h3-4,6H,1-2,5H2,(H2,13,14,16,17)/t12-/m0/s1. The Bertz CT molecular complexity index is 613. The van der Waals surface area contributed by atoms with Crippen LogP contribution in [-0.4, -0.2) is 16.9 Å². The number of nitrogens with zero attached hydrogens (tertiary/aromatic N) is 1.